The van der Waals surface area contributed by atoms with E-state index in [4.69, 9.17) is 23.7 Å². The first-order chi connectivity index (χ1) is 12.9. The molecule has 27 heavy (non-hydrogen) atoms. The molecule has 2 saturated heterocycles. The van der Waals surface area contributed by atoms with Crippen LogP contribution < -0.4 is 0 Å². The Hall–Kier alpha value is -1.53. The highest BCUT2D eigenvalue weighted by molar-refractivity contribution is 5.90. The molecule has 10 heteroatoms. The van der Waals surface area contributed by atoms with Gasteiger partial charge in [-0.1, -0.05) is 6.08 Å². The molecule has 0 aromatic carbocycles. The summed E-state index contributed by atoms with van der Waals surface area (Å²) in [6.45, 7) is 3.25. The summed E-state index contributed by atoms with van der Waals surface area (Å²) < 4.78 is 27.0. The normalized spacial score (nSPS) is 44.6. The Balaban J connectivity index is 1.80. The van der Waals surface area contributed by atoms with Gasteiger partial charge in [-0.2, -0.15) is 0 Å². The van der Waals surface area contributed by atoms with Gasteiger partial charge in [0.25, 0.3) is 0 Å². The van der Waals surface area contributed by atoms with Gasteiger partial charge in [-0.25, -0.2) is 4.79 Å². The van der Waals surface area contributed by atoms with Gasteiger partial charge in [-0.3, -0.25) is 0 Å². The maximum absolute atomic E-state index is 12.0. The zero-order chi connectivity index (χ0) is 19.7. The third-order valence-corrected chi connectivity index (χ3v) is 5.12. The summed E-state index contributed by atoms with van der Waals surface area (Å²) in [5, 5.41) is 39.2. The molecule has 0 saturated carbocycles. The van der Waals surface area contributed by atoms with Gasteiger partial charge in [0.15, 0.2) is 6.29 Å². The first kappa shape index (κ1) is 20.2. The average Bonchev–Trinajstić information content (AvgIpc) is 2.68. The summed E-state index contributed by atoms with van der Waals surface area (Å²) in [7, 11) is 1.49. The number of cyclic esters (lactones) is 1. The van der Waals surface area contributed by atoms with Crippen LogP contribution in [0.15, 0.2) is 24.5 Å². The highest BCUT2D eigenvalue weighted by atomic mass is 16.8. The van der Waals surface area contributed by atoms with Crippen LogP contribution in [0, 0.1) is 11.8 Å². The van der Waals surface area contributed by atoms with E-state index >= 15 is 0 Å². The predicted molar refractivity (Wildman–Crippen MR) is 86.7 cm³/mol. The van der Waals surface area contributed by atoms with Gasteiger partial charge in [-0.15, -0.1) is 6.58 Å². The summed E-state index contributed by atoms with van der Waals surface area (Å²) in [5.74, 6) is -1.51. The Morgan fingerprint density at radius 1 is 1.26 bits per heavy atom. The molecule has 3 aliphatic rings. The Morgan fingerprint density at radius 3 is 2.63 bits per heavy atom. The van der Waals surface area contributed by atoms with E-state index in [0.29, 0.717) is 0 Å². The van der Waals surface area contributed by atoms with E-state index in [0.717, 1.165) is 0 Å². The minimum absolute atomic E-state index is 0.0639. The lowest BCUT2D eigenvalue weighted by molar-refractivity contribution is -0.340. The fourth-order valence-electron chi connectivity index (χ4n) is 3.57. The second kappa shape index (κ2) is 8.23. The highest BCUT2D eigenvalue weighted by Crippen LogP contribution is 2.39. The molecule has 10 nitrogen and oxygen atoms in total. The summed E-state index contributed by atoms with van der Waals surface area (Å²) in [6.07, 6.45) is -5.83. The maximum Gasteiger partial charge on any atom is 0.337 e. The first-order valence-corrected chi connectivity index (χ1v) is 8.56. The maximum atomic E-state index is 12.0. The number of rotatable bonds is 5. The van der Waals surface area contributed by atoms with Crippen molar-refractivity contribution in [3.63, 3.8) is 0 Å². The number of aliphatic hydroxyl groups is 4. The van der Waals surface area contributed by atoms with Crippen molar-refractivity contribution in [2.45, 2.75) is 43.1 Å². The van der Waals surface area contributed by atoms with E-state index in [1.165, 1.54) is 19.4 Å². The fraction of sp³-hybridized carbons (Fsp3) is 0.706. The standard InChI is InChI=1S/C17H24O10/c1-3-7-11-8(15(22)24-6-10(11)23-2)5-25-16(7)27-17-14(21)13(20)12(19)9(4-18)26-17/h3,5,7,9-14,16-21H,1,4,6H2,2H3/t7-,9-,10+,11+,12-,13+,14-,16+,17+/m1/s1. The Labute approximate surface area is 155 Å². The van der Waals surface area contributed by atoms with Gasteiger partial charge in [0, 0.05) is 18.9 Å². The minimum atomic E-state index is -1.57. The average molecular weight is 388 g/mol. The number of hydrogen-bond acceptors (Lipinski definition) is 10. The number of fused-ring (bicyclic) bond motifs is 1. The van der Waals surface area contributed by atoms with E-state index in [9.17, 15) is 25.2 Å². The number of methoxy groups -OCH3 is 1. The van der Waals surface area contributed by atoms with Gasteiger partial charge in [0.2, 0.25) is 6.29 Å². The smallest absolute Gasteiger partial charge is 0.337 e. The lowest BCUT2D eigenvalue weighted by atomic mass is 9.79. The Morgan fingerprint density at radius 2 is 2.00 bits per heavy atom. The van der Waals surface area contributed by atoms with Crippen molar-refractivity contribution in [2.24, 2.45) is 11.8 Å². The lowest BCUT2D eigenvalue weighted by Crippen LogP contribution is -2.60. The van der Waals surface area contributed by atoms with Crippen LogP contribution >= 0.6 is 0 Å². The van der Waals surface area contributed by atoms with Crippen molar-refractivity contribution in [3.05, 3.63) is 24.5 Å². The summed E-state index contributed by atoms with van der Waals surface area (Å²) in [5.41, 5.74) is 0.284. The van der Waals surface area contributed by atoms with Gasteiger partial charge in [0.1, 0.15) is 31.0 Å². The summed E-state index contributed by atoms with van der Waals surface area (Å²) in [4.78, 5) is 12.0. The summed E-state index contributed by atoms with van der Waals surface area (Å²) >= 11 is 0. The van der Waals surface area contributed by atoms with E-state index in [1.54, 1.807) is 0 Å². The molecule has 3 rings (SSSR count). The molecule has 0 amide bonds. The molecule has 0 aliphatic carbocycles. The Bertz CT molecular complexity index is 590. The molecule has 3 heterocycles. The molecule has 2 fully saturated rings. The fourth-order valence-corrected chi connectivity index (χ4v) is 3.57. The second-order valence-electron chi connectivity index (χ2n) is 6.62. The second-order valence-corrected chi connectivity index (χ2v) is 6.62. The molecular weight excluding hydrogens is 364 g/mol. The van der Waals surface area contributed by atoms with Crippen molar-refractivity contribution in [3.8, 4) is 0 Å². The van der Waals surface area contributed by atoms with Crippen molar-refractivity contribution in [1.29, 1.82) is 0 Å². The predicted octanol–water partition coefficient (Wildman–Crippen LogP) is -1.97. The van der Waals surface area contributed by atoms with E-state index < -0.39 is 67.5 Å². The molecule has 0 unspecified atom stereocenters. The topological polar surface area (TPSA) is 144 Å². The minimum Gasteiger partial charge on any atom is -0.471 e. The molecule has 0 bridgehead atoms. The summed E-state index contributed by atoms with van der Waals surface area (Å²) in [6, 6.07) is 0. The van der Waals surface area contributed by atoms with Gasteiger partial charge < -0.3 is 44.1 Å². The number of hydrogen-bond donors (Lipinski definition) is 4. The van der Waals surface area contributed by atoms with Gasteiger partial charge in [-0.05, 0) is 0 Å². The Kier molecular flexibility index (Phi) is 6.16. The number of ether oxygens (including phenoxy) is 5. The number of carbonyl (C=O) groups excluding carboxylic acids is 1. The molecular formula is C17H24O10. The zero-order valence-corrected chi connectivity index (χ0v) is 14.7. The third-order valence-electron chi connectivity index (χ3n) is 5.12. The first-order valence-electron chi connectivity index (χ1n) is 8.56. The van der Waals surface area contributed by atoms with Crippen LogP contribution in [0.2, 0.25) is 0 Å². The van der Waals surface area contributed by atoms with E-state index in [1.807, 2.05) is 0 Å². The molecule has 0 aromatic rings. The van der Waals surface area contributed by atoms with Crippen LogP contribution in [0.3, 0.4) is 0 Å². The number of carbonyl (C=O) groups is 1. The van der Waals surface area contributed by atoms with Crippen LogP contribution in [-0.4, -0.2) is 89.8 Å². The molecule has 152 valence electrons. The van der Waals surface area contributed by atoms with Crippen LogP contribution in [0.5, 0.6) is 0 Å². The van der Waals surface area contributed by atoms with Crippen LogP contribution in [0.25, 0.3) is 0 Å². The third kappa shape index (κ3) is 3.61. The molecule has 0 aromatic heterocycles. The van der Waals surface area contributed by atoms with E-state index in [2.05, 4.69) is 6.58 Å². The van der Waals surface area contributed by atoms with Crippen molar-refractivity contribution in [1.82, 2.24) is 0 Å². The van der Waals surface area contributed by atoms with E-state index in [-0.39, 0.29) is 12.2 Å². The van der Waals surface area contributed by atoms with Crippen LogP contribution in [0.4, 0.5) is 0 Å². The number of esters is 1. The monoisotopic (exact) mass is 388 g/mol. The van der Waals surface area contributed by atoms with Crippen LogP contribution in [0.1, 0.15) is 0 Å². The van der Waals surface area contributed by atoms with Crippen LogP contribution in [-0.2, 0) is 28.5 Å². The molecule has 0 spiro atoms. The molecule has 0 radical (unpaired) electrons. The zero-order valence-electron chi connectivity index (χ0n) is 14.7. The van der Waals surface area contributed by atoms with Gasteiger partial charge in [0.05, 0.1) is 24.5 Å². The largest absolute Gasteiger partial charge is 0.471 e. The van der Waals surface area contributed by atoms with Crippen molar-refractivity contribution in [2.75, 3.05) is 20.3 Å². The SMILES string of the molecule is C=C[C@H]1[C@H](O[C@@H]2O[C@H](CO)[C@@H](O)[C@H](O)[C@H]2O)OC=C2C(=O)OC[C@H](OC)[C@H]21. The lowest BCUT2D eigenvalue weighted by Gasteiger charge is -2.44. The quantitative estimate of drug-likeness (QED) is 0.309. The highest BCUT2D eigenvalue weighted by Gasteiger charge is 2.50. The van der Waals surface area contributed by atoms with Crippen molar-refractivity contribution >= 4 is 5.97 Å². The molecule has 4 N–H and O–H groups in total. The van der Waals surface area contributed by atoms with Crippen molar-refractivity contribution < 1.29 is 48.9 Å². The molecule has 9 atom stereocenters. The molecule has 3 aliphatic heterocycles. The number of aliphatic hydroxyl groups excluding tert-OH is 4. The van der Waals surface area contributed by atoms with Gasteiger partial charge >= 0.3 is 5.97 Å².